The Labute approximate surface area is 181 Å². The number of nitrogens with one attached hydrogen (secondary N) is 1. The minimum Gasteiger partial charge on any atom is -0.468 e. The summed E-state index contributed by atoms with van der Waals surface area (Å²) in [5.74, 6) is -3.94. The van der Waals surface area contributed by atoms with Gasteiger partial charge in [0.25, 0.3) is 0 Å². The molecule has 0 unspecified atom stereocenters. The average molecular weight is 429 g/mol. The molecule has 1 aromatic carbocycles. The second-order valence-electron chi connectivity index (χ2n) is 8.21. The molecule has 1 aliphatic carbocycles. The highest BCUT2D eigenvalue weighted by atomic mass is 19.1. The lowest BCUT2D eigenvalue weighted by atomic mass is 9.69. The van der Waals surface area contributed by atoms with Crippen LogP contribution in [0.4, 0.5) is 4.39 Å². The zero-order chi connectivity index (χ0) is 22.9. The number of methoxy groups -OCH3 is 1. The van der Waals surface area contributed by atoms with E-state index in [-0.39, 0.29) is 23.4 Å². The van der Waals surface area contributed by atoms with Crippen LogP contribution in [-0.4, -0.2) is 30.9 Å². The fraction of sp³-hybridized carbons (Fsp3) is 0.458. The molecule has 7 heteroatoms. The Bertz CT molecular complexity index is 963. The van der Waals surface area contributed by atoms with Crippen molar-refractivity contribution in [2.75, 3.05) is 7.11 Å². The van der Waals surface area contributed by atoms with Gasteiger partial charge in [-0.1, -0.05) is 26.0 Å². The first kappa shape index (κ1) is 22.7. The van der Waals surface area contributed by atoms with Crippen LogP contribution in [0.5, 0.6) is 0 Å². The largest absolute Gasteiger partial charge is 0.468 e. The van der Waals surface area contributed by atoms with Gasteiger partial charge in [0.05, 0.1) is 18.8 Å². The molecule has 1 heterocycles. The van der Waals surface area contributed by atoms with E-state index in [9.17, 15) is 18.8 Å². The number of halogens is 1. The number of esters is 2. The number of hydrogen-bond acceptors (Lipinski definition) is 6. The summed E-state index contributed by atoms with van der Waals surface area (Å²) in [5.41, 5.74) is 2.46. The maximum Gasteiger partial charge on any atom is 0.337 e. The van der Waals surface area contributed by atoms with E-state index >= 15 is 0 Å². The monoisotopic (exact) mass is 429 g/mol. The van der Waals surface area contributed by atoms with E-state index in [4.69, 9.17) is 9.47 Å². The maximum absolute atomic E-state index is 13.6. The minimum absolute atomic E-state index is 0.263. The Morgan fingerprint density at radius 1 is 1.26 bits per heavy atom. The fourth-order valence-electron chi connectivity index (χ4n) is 4.27. The predicted octanol–water partition coefficient (Wildman–Crippen LogP) is 3.78. The van der Waals surface area contributed by atoms with E-state index in [0.717, 1.165) is 0 Å². The first-order valence-corrected chi connectivity index (χ1v) is 10.5. The van der Waals surface area contributed by atoms with Crippen molar-refractivity contribution >= 4 is 17.7 Å². The molecule has 31 heavy (non-hydrogen) atoms. The normalized spacial score (nSPS) is 24.3. The summed E-state index contributed by atoms with van der Waals surface area (Å²) in [5, 5.41) is 3.20. The molecule has 0 radical (unpaired) electrons. The van der Waals surface area contributed by atoms with E-state index in [2.05, 4.69) is 5.32 Å². The molecule has 0 spiro atoms. The molecule has 0 amide bonds. The van der Waals surface area contributed by atoms with Crippen LogP contribution in [0.2, 0.25) is 0 Å². The summed E-state index contributed by atoms with van der Waals surface area (Å²) in [6.07, 6.45) is 0.785. The lowest BCUT2D eigenvalue weighted by Crippen LogP contribution is -2.43. The highest BCUT2D eigenvalue weighted by molar-refractivity contribution is 6.12. The third-order valence-electron chi connectivity index (χ3n) is 6.05. The van der Waals surface area contributed by atoms with Crippen LogP contribution in [-0.2, 0) is 23.9 Å². The molecule has 0 bridgehead atoms. The third kappa shape index (κ3) is 4.27. The molecule has 0 saturated heterocycles. The van der Waals surface area contributed by atoms with Gasteiger partial charge < -0.3 is 14.8 Å². The number of allylic oxidation sites excluding steroid dienone is 3. The van der Waals surface area contributed by atoms with E-state index in [1.807, 2.05) is 13.8 Å². The van der Waals surface area contributed by atoms with Crippen LogP contribution in [0.15, 0.2) is 46.8 Å². The van der Waals surface area contributed by atoms with E-state index in [0.29, 0.717) is 35.4 Å². The molecular weight excluding hydrogens is 401 g/mol. The number of ether oxygens (including phenoxy) is 2. The van der Waals surface area contributed by atoms with Crippen LogP contribution in [0.25, 0.3) is 0 Å². The summed E-state index contributed by atoms with van der Waals surface area (Å²) < 4.78 is 24.1. The topological polar surface area (TPSA) is 81.7 Å². The molecule has 1 aliphatic heterocycles. The van der Waals surface area contributed by atoms with Gasteiger partial charge in [0.15, 0.2) is 5.78 Å². The van der Waals surface area contributed by atoms with Gasteiger partial charge in [0, 0.05) is 22.9 Å². The van der Waals surface area contributed by atoms with Crippen molar-refractivity contribution in [3.63, 3.8) is 0 Å². The molecular formula is C24H28FNO5. The SMILES string of the molecule is CC[C@H](C)OC(=O)C1=C(C)NC2=C(C(=O)[C@H](C(=O)OC)[C@@H](C)C2)[C@@H]1c1ccc(F)cc1. The summed E-state index contributed by atoms with van der Waals surface area (Å²) >= 11 is 0. The Balaban J connectivity index is 2.15. The van der Waals surface area contributed by atoms with Crippen molar-refractivity contribution in [1.29, 1.82) is 0 Å². The number of carbonyl (C=O) groups excluding carboxylic acids is 3. The number of Topliss-reactive ketones (excluding diaryl/α,β-unsaturated/α-hetero) is 1. The summed E-state index contributed by atoms with van der Waals surface area (Å²) in [4.78, 5) is 39.0. The second-order valence-corrected chi connectivity index (χ2v) is 8.21. The van der Waals surface area contributed by atoms with Crippen LogP contribution in [0, 0.1) is 17.7 Å². The zero-order valence-corrected chi connectivity index (χ0v) is 18.5. The van der Waals surface area contributed by atoms with Crippen molar-refractivity contribution in [1.82, 2.24) is 5.32 Å². The van der Waals surface area contributed by atoms with Crippen molar-refractivity contribution in [2.45, 2.75) is 52.6 Å². The molecule has 4 atom stereocenters. The van der Waals surface area contributed by atoms with Gasteiger partial charge in [-0.15, -0.1) is 0 Å². The fourth-order valence-corrected chi connectivity index (χ4v) is 4.27. The molecule has 166 valence electrons. The number of ketones is 1. The van der Waals surface area contributed by atoms with Crippen molar-refractivity contribution in [2.24, 2.45) is 11.8 Å². The summed E-state index contributed by atoms with van der Waals surface area (Å²) in [6.45, 7) is 7.28. The molecule has 0 aromatic heterocycles. The third-order valence-corrected chi connectivity index (χ3v) is 6.05. The number of rotatable bonds is 5. The molecule has 0 saturated carbocycles. The lowest BCUT2D eigenvalue weighted by Gasteiger charge is -2.38. The standard InChI is InChI=1S/C24H28FNO5/c1-6-13(3)31-24(29)19-14(4)26-17-11-12(2)18(23(28)30-5)22(27)21(17)20(19)15-7-9-16(25)10-8-15/h7-10,12-13,18,20,26H,6,11H2,1-5H3/t12-,13-,18+,20+/m0/s1. The van der Waals surface area contributed by atoms with Crippen LogP contribution >= 0.6 is 0 Å². The van der Waals surface area contributed by atoms with Gasteiger partial charge in [0.2, 0.25) is 0 Å². The van der Waals surface area contributed by atoms with Gasteiger partial charge in [-0.2, -0.15) is 0 Å². The summed E-state index contributed by atoms with van der Waals surface area (Å²) in [6, 6.07) is 5.69. The van der Waals surface area contributed by atoms with E-state index in [1.165, 1.54) is 19.2 Å². The van der Waals surface area contributed by atoms with Crippen molar-refractivity contribution in [3.05, 3.63) is 58.2 Å². The number of carbonyl (C=O) groups is 3. The van der Waals surface area contributed by atoms with Crippen LogP contribution in [0.1, 0.15) is 52.0 Å². The lowest BCUT2D eigenvalue weighted by molar-refractivity contribution is -0.151. The highest BCUT2D eigenvalue weighted by Gasteiger charge is 2.47. The van der Waals surface area contributed by atoms with Gasteiger partial charge in [-0.25, -0.2) is 9.18 Å². The van der Waals surface area contributed by atoms with E-state index < -0.39 is 29.6 Å². The highest BCUT2D eigenvalue weighted by Crippen LogP contribution is 2.45. The Hall–Kier alpha value is -2.96. The number of hydrogen-bond donors (Lipinski definition) is 1. The molecule has 2 aliphatic rings. The van der Waals surface area contributed by atoms with Gasteiger partial charge >= 0.3 is 11.9 Å². The van der Waals surface area contributed by atoms with Crippen molar-refractivity contribution in [3.8, 4) is 0 Å². The molecule has 0 fully saturated rings. The Morgan fingerprint density at radius 2 is 1.90 bits per heavy atom. The Morgan fingerprint density at radius 3 is 2.48 bits per heavy atom. The first-order valence-electron chi connectivity index (χ1n) is 10.5. The zero-order valence-electron chi connectivity index (χ0n) is 18.5. The number of benzene rings is 1. The second kappa shape index (κ2) is 9.04. The minimum atomic E-state index is -0.959. The smallest absolute Gasteiger partial charge is 0.337 e. The Kier molecular flexibility index (Phi) is 6.62. The van der Waals surface area contributed by atoms with Gasteiger partial charge in [0.1, 0.15) is 11.7 Å². The van der Waals surface area contributed by atoms with Crippen LogP contribution in [0.3, 0.4) is 0 Å². The average Bonchev–Trinajstić information content (AvgIpc) is 2.72. The predicted molar refractivity (Wildman–Crippen MR) is 112 cm³/mol. The maximum atomic E-state index is 13.6. The quantitative estimate of drug-likeness (QED) is 0.567. The molecule has 1 N–H and O–H groups in total. The van der Waals surface area contributed by atoms with Crippen molar-refractivity contribution < 1.29 is 28.2 Å². The van der Waals surface area contributed by atoms with Crippen LogP contribution < -0.4 is 5.32 Å². The number of dihydropyridines is 1. The van der Waals surface area contributed by atoms with Gasteiger partial charge in [-0.3, -0.25) is 9.59 Å². The molecule has 1 aromatic rings. The molecule has 3 rings (SSSR count). The van der Waals surface area contributed by atoms with Gasteiger partial charge in [-0.05, 0) is 50.3 Å². The molecule has 6 nitrogen and oxygen atoms in total. The summed E-state index contributed by atoms with van der Waals surface area (Å²) in [7, 11) is 1.25. The first-order chi connectivity index (χ1) is 14.7. The van der Waals surface area contributed by atoms with E-state index in [1.54, 1.807) is 26.0 Å².